The largest absolute Gasteiger partial charge is 0.338 e. The normalized spacial score (nSPS) is 10.6. The molecule has 2 heterocycles. The van der Waals surface area contributed by atoms with E-state index in [1.54, 1.807) is 29.2 Å². The summed E-state index contributed by atoms with van der Waals surface area (Å²) in [5, 5.41) is 9.65. The van der Waals surface area contributed by atoms with Crippen LogP contribution in [0.3, 0.4) is 0 Å². The van der Waals surface area contributed by atoms with Gasteiger partial charge in [-0.1, -0.05) is 6.07 Å². The molecule has 0 fully saturated rings. The summed E-state index contributed by atoms with van der Waals surface area (Å²) < 4.78 is 16.0. The van der Waals surface area contributed by atoms with Gasteiger partial charge in [-0.15, -0.1) is 0 Å². The molecule has 0 saturated heterocycles. The minimum Gasteiger partial charge on any atom is -0.338 e. The SMILES string of the molecule is Cc1cc(C)n(-c2ccc(NC(=O)NCCc3cccnc3)cc2F)n1. The van der Waals surface area contributed by atoms with E-state index < -0.39 is 5.82 Å². The molecule has 1 aromatic carbocycles. The number of nitrogens with one attached hydrogen (secondary N) is 2. The third-order valence-electron chi connectivity index (χ3n) is 3.87. The summed E-state index contributed by atoms with van der Waals surface area (Å²) in [5.41, 5.74) is 3.42. The number of benzene rings is 1. The molecule has 0 spiro atoms. The van der Waals surface area contributed by atoms with Crippen molar-refractivity contribution < 1.29 is 9.18 Å². The van der Waals surface area contributed by atoms with Gasteiger partial charge in [0, 0.05) is 30.3 Å². The lowest BCUT2D eigenvalue weighted by Gasteiger charge is -2.10. The first-order chi connectivity index (χ1) is 12.5. The molecule has 26 heavy (non-hydrogen) atoms. The van der Waals surface area contributed by atoms with Crippen molar-refractivity contribution in [3.8, 4) is 5.69 Å². The number of nitrogens with zero attached hydrogens (tertiary/aromatic N) is 3. The van der Waals surface area contributed by atoms with Gasteiger partial charge in [-0.05, 0) is 56.2 Å². The molecule has 6 nitrogen and oxygen atoms in total. The number of aromatic nitrogens is 3. The van der Waals surface area contributed by atoms with E-state index in [0.717, 1.165) is 17.0 Å². The second kappa shape index (κ2) is 7.77. The van der Waals surface area contributed by atoms with Gasteiger partial charge >= 0.3 is 6.03 Å². The van der Waals surface area contributed by atoms with Gasteiger partial charge in [0.1, 0.15) is 5.69 Å². The number of amides is 2. The average Bonchev–Trinajstić information content (AvgIpc) is 2.94. The highest BCUT2D eigenvalue weighted by atomic mass is 19.1. The van der Waals surface area contributed by atoms with Crippen LogP contribution in [-0.4, -0.2) is 27.3 Å². The quantitative estimate of drug-likeness (QED) is 0.738. The molecule has 2 aromatic heterocycles. The van der Waals surface area contributed by atoms with Gasteiger partial charge in [0.2, 0.25) is 0 Å². The molecule has 2 amide bonds. The summed E-state index contributed by atoms with van der Waals surface area (Å²) in [5.74, 6) is -0.454. The van der Waals surface area contributed by atoms with Crippen molar-refractivity contribution in [2.45, 2.75) is 20.3 Å². The number of urea groups is 1. The Morgan fingerprint density at radius 3 is 2.73 bits per heavy atom. The molecule has 0 radical (unpaired) electrons. The Morgan fingerprint density at radius 2 is 2.08 bits per heavy atom. The second-order valence-corrected chi connectivity index (χ2v) is 6.00. The molecular formula is C19H20FN5O. The minimum absolute atomic E-state index is 0.345. The number of pyridine rings is 1. The average molecular weight is 353 g/mol. The van der Waals surface area contributed by atoms with Crippen LogP contribution in [0.15, 0.2) is 48.8 Å². The first-order valence-corrected chi connectivity index (χ1v) is 8.30. The number of halogens is 1. The summed E-state index contributed by atoms with van der Waals surface area (Å²) in [4.78, 5) is 16.0. The number of carbonyl (C=O) groups is 1. The summed E-state index contributed by atoms with van der Waals surface area (Å²) in [7, 11) is 0. The van der Waals surface area contributed by atoms with Crippen molar-refractivity contribution >= 4 is 11.7 Å². The molecule has 0 unspecified atom stereocenters. The number of hydrogen-bond donors (Lipinski definition) is 2. The highest BCUT2D eigenvalue weighted by Crippen LogP contribution is 2.19. The number of rotatable bonds is 5. The van der Waals surface area contributed by atoms with Crippen LogP contribution in [0.5, 0.6) is 0 Å². The maximum atomic E-state index is 14.4. The van der Waals surface area contributed by atoms with E-state index in [2.05, 4.69) is 20.7 Å². The molecule has 2 N–H and O–H groups in total. The van der Waals surface area contributed by atoms with Crippen LogP contribution >= 0.6 is 0 Å². The Morgan fingerprint density at radius 1 is 1.23 bits per heavy atom. The lowest BCUT2D eigenvalue weighted by atomic mass is 10.2. The highest BCUT2D eigenvalue weighted by Gasteiger charge is 2.11. The van der Waals surface area contributed by atoms with E-state index in [1.807, 2.05) is 32.0 Å². The summed E-state index contributed by atoms with van der Waals surface area (Å²) >= 11 is 0. The van der Waals surface area contributed by atoms with E-state index in [-0.39, 0.29) is 6.03 Å². The molecule has 0 aliphatic rings. The lowest BCUT2D eigenvalue weighted by molar-refractivity contribution is 0.252. The van der Waals surface area contributed by atoms with Gasteiger partial charge in [-0.3, -0.25) is 4.98 Å². The second-order valence-electron chi connectivity index (χ2n) is 6.00. The van der Waals surface area contributed by atoms with Crippen molar-refractivity contribution in [2.75, 3.05) is 11.9 Å². The molecule has 3 aromatic rings. The number of anilines is 1. The smallest absolute Gasteiger partial charge is 0.319 e. The van der Waals surface area contributed by atoms with Gasteiger partial charge in [0.15, 0.2) is 5.82 Å². The Labute approximate surface area is 151 Å². The molecule has 134 valence electrons. The molecule has 0 aliphatic carbocycles. The topological polar surface area (TPSA) is 71.8 Å². The van der Waals surface area contributed by atoms with E-state index in [0.29, 0.717) is 24.3 Å². The maximum Gasteiger partial charge on any atom is 0.319 e. The zero-order valence-corrected chi connectivity index (χ0v) is 14.7. The summed E-state index contributed by atoms with van der Waals surface area (Å²) in [6, 6.07) is 9.82. The van der Waals surface area contributed by atoms with Crippen LogP contribution in [0, 0.1) is 19.7 Å². The molecular weight excluding hydrogens is 333 g/mol. The van der Waals surface area contributed by atoms with Crippen molar-refractivity contribution in [3.05, 3.63) is 71.6 Å². The van der Waals surface area contributed by atoms with Crippen LogP contribution in [0.4, 0.5) is 14.9 Å². The number of carbonyl (C=O) groups excluding carboxylic acids is 1. The molecule has 7 heteroatoms. The maximum absolute atomic E-state index is 14.4. The third kappa shape index (κ3) is 4.24. The van der Waals surface area contributed by atoms with E-state index in [9.17, 15) is 9.18 Å². The zero-order valence-electron chi connectivity index (χ0n) is 14.7. The van der Waals surface area contributed by atoms with Gasteiger partial charge in [-0.2, -0.15) is 5.10 Å². The predicted molar refractivity (Wildman–Crippen MR) is 98.0 cm³/mol. The lowest BCUT2D eigenvalue weighted by Crippen LogP contribution is -2.30. The van der Waals surface area contributed by atoms with Crippen LogP contribution in [0.1, 0.15) is 17.0 Å². The Kier molecular flexibility index (Phi) is 5.26. The van der Waals surface area contributed by atoms with Gasteiger partial charge in [0.05, 0.1) is 5.69 Å². The van der Waals surface area contributed by atoms with Crippen molar-refractivity contribution in [1.29, 1.82) is 0 Å². The van der Waals surface area contributed by atoms with E-state index in [4.69, 9.17) is 0 Å². The number of hydrogen-bond acceptors (Lipinski definition) is 3. The van der Waals surface area contributed by atoms with E-state index in [1.165, 1.54) is 6.07 Å². The highest BCUT2D eigenvalue weighted by molar-refractivity contribution is 5.89. The minimum atomic E-state index is -0.454. The van der Waals surface area contributed by atoms with Crippen molar-refractivity contribution in [2.24, 2.45) is 0 Å². The van der Waals surface area contributed by atoms with Crippen molar-refractivity contribution in [1.82, 2.24) is 20.1 Å². The molecule has 0 bridgehead atoms. The first-order valence-electron chi connectivity index (χ1n) is 8.30. The van der Waals surface area contributed by atoms with Gasteiger partial charge in [0.25, 0.3) is 0 Å². The van der Waals surface area contributed by atoms with Crippen LogP contribution < -0.4 is 10.6 Å². The fraction of sp³-hybridized carbons (Fsp3) is 0.211. The Balaban J connectivity index is 1.59. The van der Waals surface area contributed by atoms with Crippen LogP contribution in [0.25, 0.3) is 5.69 Å². The Hall–Kier alpha value is -3.22. The summed E-state index contributed by atoms with van der Waals surface area (Å²) in [6.07, 6.45) is 4.13. The fourth-order valence-electron chi connectivity index (χ4n) is 2.67. The van der Waals surface area contributed by atoms with E-state index >= 15 is 0 Å². The van der Waals surface area contributed by atoms with Gasteiger partial charge < -0.3 is 10.6 Å². The monoisotopic (exact) mass is 353 g/mol. The molecule has 0 aliphatic heterocycles. The van der Waals surface area contributed by atoms with Crippen LogP contribution in [-0.2, 0) is 6.42 Å². The van der Waals surface area contributed by atoms with Gasteiger partial charge in [-0.25, -0.2) is 13.9 Å². The standard InChI is InChI=1S/C19H20FN5O/c1-13-10-14(2)25(24-13)18-6-5-16(11-17(18)20)23-19(26)22-9-7-15-4-3-8-21-12-15/h3-6,8,10-12H,7,9H2,1-2H3,(H2,22,23,26). The Bertz CT molecular complexity index is 908. The van der Waals surface area contributed by atoms with Crippen molar-refractivity contribution in [3.63, 3.8) is 0 Å². The fourth-order valence-corrected chi connectivity index (χ4v) is 2.67. The molecule has 3 rings (SSSR count). The zero-order chi connectivity index (χ0) is 18.5. The number of aryl methyl sites for hydroxylation is 2. The predicted octanol–water partition coefficient (Wildman–Crippen LogP) is 3.39. The summed E-state index contributed by atoms with van der Waals surface area (Å²) in [6.45, 7) is 4.18. The molecule has 0 atom stereocenters. The first kappa shape index (κ1) is 17.6. The van der Waals surface area contributed by atoms with Crippen LogP contribution in [0.2, 0.25) is 0 Å². The molecule has 0 saturated carbocycles. The third-order valence-corrected chi connectivity index (χ3v) is 3.87.